The Morgan fingerprint density at radius 1 is 1.35 bits per heavy atom. The molecule has 6 heteroatoms. The van der Waals surface area contributed by atoms with Gasteiger partial charge in [0.25, 0.3) is 0 Å². The summed E-state index contributed by atoms with van der Waals surface area (Å²) in [7, 11) is 1.58. The molecule has 1 aromatic heterocycles. The van der Waals surface area contributed by atoms with E-state index in [1.807, 2.05) is 50.2 Å². The van der Waals surface area contributed by atoms with Gasteiger partial charge in [-0.2, -0.15) is 0 Å². The molecule has 2 unspecified atom stereocenters. The second kappa shape index (κ2) is 7.56. The minimum atomic E-state index is -0.390. The molecule has 3 rings (SSSR count). The summed E-state index contributed by atoms with van der Waals surface area (Å²) in [5.41, 5.74) is 2.54. The summed E-state index contributed by atoms with van der Waals surface area (Å²) in [5.74, 6) is 0.0379. The lowest BCUT2D eigenvalue weighted by Crippen LogP contribution is -2.34. The van der Waals surface area contributed by atoms with E-state index in [1.165, 1.54) is 0 Å². The van der Waals surface area contributed by atoms with Crippen molar-refractivity contribution in [3.63, 3.8) is 0 Å². The molecule has 2 heterocycles. The number of nitrogens with one attached hydrogen (secondary N) is 1. The van der Waals surface area contributed by atoms with Crippen molar-refractivity contribution in [1.29, 1.82) is 0 Å². The van der Waals surface area contributed by atoms with Gasteiger partial charge in [-0.3, -0.25) is 14.6 Å². The number of aryl methyl sites for hydroxylation is 1. The molecule has 2 aromatic rings. The van der Waals surface area contributed by atoms with E-state index in [9.17, 15) is 9.59 Å². The molecule has 136 valence electrons. The molecule has 0 radical (unpaired) electrons. The van der Waals surface area contributed by atoms with Gasteiger partial charge in [0.05, 0.1) is 30.5 Å². The number of ether oxygens (including phenoxy) is 1. The second-order valence-electron chi connectivity index (χ2n) is 6.57. The van der Waals surface area contributed by atoms with Gasteiger partial charge in [-0.25, -0.2) is 0 Å². The van der Waals surface area contributed by atoms with Crippen LogP contribution in [-0.4, -0.2) is 30.5 Å². The number of nitrogens with zero attached hydrogens (tertiary/aromatic N) is 2. The van der Waals surface area contributed by atoms with Crippen LogP contribution in [0, 0.1) is 12.8 Å². The minimum Gasteiger partial charge on any atom is -0.495 e. The van der Waals surface area contributed by atoms with Gasteiger partial charge >= 0.3 is 0 Å². The number of methoxy groups -OCH3 is 1. The van der Waals surface area contributed by atoms with Crippen molar-refractivity contribution in [2.75, 3.05) is 18.6 Å². The number of carbonyl (C=O) groups excluding carboxylic acids is 2. The Morgan fingerprint density at radius 3 is 2.85 bits per heavy atom. The Bertz CT molecular complexity index is 807. The molecular formula is C20H23N3O3. The number of benzene rings is 1. The number of aromatic nitrogens is 1. The lowest BCUT2D eigenvalue weighted by Gasteiger charge is -2.20. The fourth-order valence-corrected chi connectivity index (χ4v) is 3.16. The molecule has 0 saturated carbocycles. The molecule has 1 aliphatic heterocycles. The van der Waals surface area contributed by atoms with Crippen molar-refractivity contribution in [3.8, 4) is 5.75 Å². The SMILES string of the molecule is COc1ccc(C)cc1N1CC(C(=O)NC(C)c2ccccn2)CC1=O. The van der Waals surface area contributed by atoms with E-state index in [4.69, 9.17) is 4.74 Å². The quantitative estimate of drug-likeness (QED) is 0.897. The summed E-state index contributed by atoms with van der Waals surface area (Å²) in [4.78, 5) is 31.0. The second-order valence-corrected chi connectivity index (χ2v) is 6.57. The average molecular weight is 353 g/mol. The Hall–Kier alpha value is -2.89. The predicted octanol–water partition coefficient (Wildman–Crippen LogP) is 2.63. The highest BCUT2D eigenvalue weighted by atomic mass is 16.5. The summed E-state index contributed by atoms with van der Waals surface area (Å²) in [6.45, 7) is 4.19. The number of pyridine rings is 1. The zero-order valence-electron chi connectivity index (χ0n) is 15.2. The molecule has 1 saturated heterocycles. The van der Waals surface area contributed by atoms with Crippen LogP contribution >= 0.6 is 0 Å². The van der Waals surface area contributed by atoms with Gasteiger partial charge in [0.2, 0.25) is 11.8 Å². The smallest absolute Gasteiger partial charge is 0.227 e. The number of rotatable bonds is 5. The molecule has 0 aliphatic carbocycles. The molecule has 0 bridgehead atoms. The van der Waals surface area contributed by atoms with Crippen LogP contribution < -0.4 is 15.0 Å². The fourth-order valence-electron chi connectivity index (χ4n) is 3.16. The first-order valence-electron chi connectivity index (χ1n) is 8.66. The van der Waals surface area contributed by atoms with E-state index in [2.05, 4.69) is 10.3 Å². The summed E-state index contributed by atoms with van der Waals surface area (Å²) in [6, 6.07) is 11.1. The van der Waals surface area contributed by atoms with Gasteiger partial charge in [0.1, 0.15) is 5.75 Å². The van der Waals surface area contributed by atoms with Gasteiger partial charge in [0.15, 0.2) is 0 Å². The number of carbonyl (C=O) groups is 2. The fraction of sp³-hybridized carbons (Fsp3) is 0.350. The Morgan fingerprint density at radius 2 is 2.15 bits per heavy atom. The maximum atomic E-state index is 12.6. The van der Waals surface area contributed by atoms with E-state index in [-0.39, 0.29) is 30.2 Å². The van der Waals surface area contributed by atoms with Crippen molar-refractivity contribution >= 4 is 17.5 Å². The maximum absolute atomic E-state index is 12.6. The first-order valence-corrected chi connectivity index (χ1v) is 8.66. The number of hydrogen-bond acceptors (Lipinski definition) is 4. The van der Waals surface area contributed by atoms with E-state index < -0.39 is 0 Å². The molecule has 26 heavy (non-hydrogen) atoms. The largest absolute Gasteiger partial charge is 0.495 e. The minimum absolute atomic E-state index is 0.0699. The number of amides is 2. The van der Waals surface area contributed by atoms with Gasteiger partial charge in [-0.1, -0.05) is 12.1 Å². The lowest BCUT2D eigenvalue weighted by atomic mass is 10.1. The third-order valence-corrected chi connectivity index (χ3v) is 4.61. The van der Waals surface area contributed by atoms with Crippen molar-refractivity contribution in [3.05, 3.63) is 53.9 Å². The molecule has 1 N–H and O–H groups in total. The highest BCUT2D eigenvalue weighted by molar-refractivity contribution is 6.01. The van der Waals surface area contributed by atoms with E-state index >= 15 is 0 Å². The number of anilines is 1. The first-order chi connectivity index (χ1) is 12.5. The molecule has 0 spiro atoms. The Balaban J connectivity index is 1.71. The number of hydrogen-bond donors (Lipinski definition) is 1. The zero-order valence-corrected chi connectivity index (χ0v) is 15.2. The molecule has 1 aromatic carbocycles. The van der Waals surface area contributed by atoms with Crippen LogP contribution in [0.5, 0.6) is 5.75 Å². The van der Waals surface area contributed by atoms with Gasteiger partial charge in [-0.15, -0.1) is 0 Å². The zero-order chi connectivity index (χ0) is 18.7. The topological polar surface area (TPSA) is 71.5 Å². The van der Waals surface area contributed by atoms with Crippen molar-refractivity contribution in [2.24, 2.45) is 5.92 Å². The highest BCUT2D eigenvalue weighted by Crippen LogP contribution is 2.34. The Kier molecular flexibility index (Phi) is 5.21. The molecular weight excluding hydrogens is 330 g/mol. The summed E-state index contributed by atoms with van der Waals surface area (Å²) in [5, 5.41) is 2.96. The summed E-state index contributed by atoms with van der Waals surface area (Å²) >= 11 is 0. The van der Waals surface area contributed by atoms with Crippen molar-refractivity contribution in [2.45, 2.75) is 26.3 Å². The van der Waals surface area contributed by atoms with Crippen LogP contribution in [-0.2, 0) is 9.59 Å². The van der Waals surface area contributed by atoms with E-state index in [0.717, 1.165) is 11.3 Å². The van der Waals surface area contributed by atoms with Crippen LogP contribution in [0.1, 0.15) is 30.6 Å². The third kappa shape index (κ3) is 3.69. The molecule has 2 amide bonds. The molecule has 1 aliphatic rings. The molecule has 6 nitrogen and oxygen atoms in total. The molecule has 1 fully saturated rings. The first kappa shape index (κ1) is 17.9. The third-order valence-electron chi connectivity index (χ3n) is 4.61. The van der Waals surface area contributed by atoms with Crippen molar-refractivity contribution in [1.82, 2.24) is 10.3 Å². The predicted molar refractivity (Wildman–Crippen MR) is 99.0 cm³/mol. The normalized spacial score (nSPS) is 17.9. The van der Waals surface area contributed by atoms with Gasteiger partial charge in [0, 0.05) is 19.2 Å². The standard InChI is InChI=1S/C20H23N3O3/c1-13-7-8-18(26-3)17(10-13)23-12-15(11-19(23)24)20(25)22-14(2)16-6-4-5-9-21-16/h4-10,14-15H,11-12H2,1-3H3,(H,22,25). The van der Waals surface area contributed by atoms with Crippen LogP contribution in [0.15, 0.2) is 42.6 Å². The van der Waals surface area contributed by atoms with Gasteiger partial charge < -0.3 is 15.0 Å². The van der Waals surface area contributed by atoms with Crippen molar-refractivity contribution < 1.29 is 14.3 Å². The maximum Gasteiger partial charge on any atom is 0.227 e. The highest BCUT2D eigenvalue weighted by Gasteiger charge is 2.36. The monoisotopic (exact) mass is 353 g/mol. The average Bonchev–Trinajstić information content (AvgIpc) is 3.04. The molecule has 2 atom stereocenters. The Labute approximate surface area is 153 Å². The van der Waals surface area contributed by atoms with E-state index in [1.54, 1.807) is 18.2 Å². The van der Waals surface area contributed by atoms with E-state index in [0.29, 0.717) is 18.0 Å². The van der Waals surface area contributed by atoms with Gasteiger partial charge in [-0.05, 0) is 43.7 Å². The van der Waals surface area contributed by atoms with Crippen LogP contribution in [0.2, 0.25) is 0 Å². The lowest BCUT2D eigenvalue weighted by molar-refractivity contribution is -0.126. The summed E-state index contributed by atoms with van der Waals surface area (Å²) in [6.07, 6.45) is 1.89. The van der Waals surface area contributed by atoms with Crippen LogP contribution in [0.25, 0.3) is 0 Å². The summed E-state index contributed by atoms with van der Waals surface area (Å²) < 4.78 is 5.38. The van der Waals surface area contributed by atoms with Crippen LogP contribution in [0.3, 0.4) is 0 Å². The van der Waals surface area contributed by atoms with Crippen LogP contribution in [0.4, 0.5) is 5.69 Å².